The van der Waals surface area contributed by atoms with E-state index in [4.69, 9.17) is 9.73 Å². The summed E-state index contributed by atoms with van der Waals surface area (Å²) >= 11 is 0. The molecule has 0 amide bonds. The number of aliphatic imine (C=N–C) groups is 1. The van der Waals surface area contributed by atoms with Gasteiger partial charge in [-0.2, -0.15) is 0 Å². The number of carbonyl (C=O) groups is 1. The first-order valence-corrected chi connectivity index (χ1v) is 9.27. The maximum Gasteiger partial charge on any atom is 0.136 e. The van der Waals surface area contributed by atoms with Crippen LogP contribution in [-0.4, -0.2) is 31.6 Å². The molecule has 1 aromatic rings. The minimum atomic E-state index is 0.100. The van der Waals surface area contributed by atoms with Crippen LogP contribution in [0.2, 0.25) is 0 Å². The first-order valence-electron chi connectivity index (χ1n) is 9.27. The van der Waals surface area contributed by atoms with Crippen LogP contribution in [0.15, 0.2) is 46.7 Å². The second-order valence-corrected chi connectivity index (χ2v) is 8.03. The molecule has 26 heavy (non-hydrogen) atoms. The van der Waals surface area contributed by atoms with E-state index in [0.717, 1.165) is 48.3 Å². The van der Waals surface area contributed by atoms with Gasteiger partial charge in [-0.25, -0.2) is 4.99 Å². The average Bonchev–Trinajstić information content (AvgIpc) is 2.63. The number of para-hydroxylation sites is 1. The molecule has 1 aromatic carbocycles. The maximum atomic E-state index is 10.8. The van der Waals surface area contributed by atoms with Gasteiger partial charge in [-0.05, 0) is 48.8 Å². The number of ether oxygens (including phenoxy) is 1. The largest absolute Gasteiger partial charge is 0.457 e. The van der Waals surface area contributed by atoms with Gasteiger partial charge in [-0.3, -0.25) is 0 Å². The minimum Gasteiger partial charge on any atom is -0.457 e. The molecule has 1 heterocycles. The van der Waals surface area contributed by atoms with E-state index < -0.39 is 0 Å². The van der Waals surface area contributed by atoms with E-state index in [2.05, 4.69) is 26.0 Å². The summed E-state index contributed by atoms with van der Waals surface area (Å²) in [5, 5.41) is 0. The third-order valence-corrected chi connectivity index (χ3v) is 5.41. The molecule has 0 spiro atoms. The van der Waals surface area contributed by atoms with Crippen molar-refractivity contribution in [3.63, 3.8) is 0 Å². The van der Waals surface area contributed by atoms with E-state index in [1.54, 1.807) is 0 Å². The van der Waals surface area contributed by atoms with E-state index in [1.165, 1.54) is 5.57 Å². The Morgan fingerprint density at radius 2 is 2.08 bits per heavy atom. The second-order valence-electron chi connectivity index (χ2n) is 8.03. The number of carbonyl (C=O) groups excluding carboxylic acids is 1. The molecule has 4 heteroatoms. The Morgan fingerprint density at radius 1 is 1.31 bits per heavy atom. The predicted molar refractivity (Wildman–Crippen MR) is 106 cm³/mol. The normalized spacial score (nSPS) is 19.5. The summed E-state index contributed by atoms with van der Waals surface area (Å²) < 4.78 is 6.17. The first kappa shape index (κ1) is 18.4. The molecule has 0 fully saturated rings. The van der Waals surface area contributed by atoms with E-state index in [0.29, 0.717) is 12.3 Å². The zero-order valence-electron chi connectivity index (χ0n) is 16.2. The molecule has 0 radical (unpaired) electrons. The fourth-order valence-electron chi connectivity index (χ4n) is 3.70. The fraction of sp³-hybridized carbons (Fsp3) is 0.455. The highest BCUT2D eigenvalue weighted by Gasteiger charge is 2.36. The molecule has 1 unspecified atom stereocenters. The van der Waals surface area contributed by atoms with Gasteiger partial charge in [0.25, 0.3) is 0 Å². The zero-order chi connectivity index (χ0) is 18.7. The van der Waals surface area contributed by atoms with Crippen molar-refractivity contribution in [2.45, 2.75) is 39.5 Å². The molecule has 2 aliphatic rings. The van der Waals surface area contributed by atoms with Crippen molar-refractivity contribution in [2.75, 3.05) is 14.1 Å². The van der Waals surface area contributed by atoms with Gasteiger partial charge in [0.2, 0.25) is 0 Å². The number of fused-ring (bicyclic) bond motifs is 2. The van der Waals surface area contributed by atoms with Gasteiger partial charge in [-0.1, -0.05) is 26.0 Å². The maximum absolute atomic E-state index is 10.8. The molecular formula is C22H28N2O2. The highest BCUT2D eigenvalue weighted by Crippen LogP contribution is 2.48. The van der Waals surface area contributed by atoms with Crippen LogP contribution < -0.4 is 4.74 Å². The number of hydrogen-bond acceptors (Lipinski definition) is 3. The highest BCUT2D eigenvalue weighted by molar-refractivity contribution is 5.82. The lowest BCUT2D eigenvalue weighted by Crippen LogP contribution is -2.28. The van der Waals surface area contributed by atoms with Crippen LogP contribution in [0.25, 0.3) is 5.70 Å². The van der Waals surface area contributed by atoms with E-state index in [-0.39, 0.29) is 5.41 Å². The molecule has 138 valence electrons. The molecular weight excluding hydrogens is 324 g/mol. The van der Waals surface area contributed by atoms with Gasteiger partial charge in [0.05, 0.1) is 12.0 Å². The Hall–Kier alpha value is -2.36. The van der Waals surface area contributed by atoms with Crippen molar-refractivity contribution < 1.29 is 9.53 Å². The number of aldehydes is 1. The lowest BCUT2D eigenvalue weighted by molar-refractivity contribution is -0.108. The zero-order valence-corrected chi connectivity index (χ0v) is 16.2. The summed E-state index contributed by atoms with van der Waals surface area (Å²) in [5.41, 5.74) is 3.33. The molecule has 1 aliphatic carbocycles. The SMILES string of the molecule is CN(C)C=NC1=C2CC(C(C)(C)CCC=O)CC=C2Oc2ccccc21. The minimum absolute atomic E-state index is 0.100. The Labute approximate surface area is 156 Å². The summed E-state index contributed by atoms with van der Waals surface area (Å²) in [6.07, 6.45) is 8.49. The van der Waals surface area contributed by atoms with E-state index >= 15 is 0 Å². The Balaban J connectivity index is 2.01. The summed E-state index contributed by atoms with van der Waals surface area (Å²) in [6.45, 7) is 4.53. The monoisotopic (exact) mass is 352 g/mol. The third kappa shape index (κ3) is 3.74. The van der Waals surface area contributed by atoms with Crippen LogP contribution in [0.5, 0.6) is 5.75 Å². The van der Waals surface area contributed by atoms with Gasteiger partial charge in [0, 0.05) is 31.7 Å². The molecule has 0 saturated heterocycles. The van der Waals surface area contributed by atoms with Crippen LogP contribution in [0, 0.1) is 11.3 Å². The van der Waals surface area contributed by atoms with Gasteiger partial charge in [0.15, 0.2) is 0 Å². The van der Waals surface area contributed by atoms with Gasteiger partial charge in [-0.15, -0.1) is 0 Å². The van der Waals surface area contributed by atoms with Crippen LogP contribution in [-0.2, 0) is 4.79 Å². The van der Waals surface area contributed by atoms with Crippen LogP contribution in [0.1, 0.15) is 45.1 Å². The van der Waals surface area contributed by atoms with Crippen LogP contribution in [0.4, 0.5) is 0 Å². The summed E-state index contributed by atoms with van der Waals surface area (Å²) in [6, 6.07) is 8.09. The quantitative estimate of drug-likeness (QED) is 0.424. The number of benzene rings is 1. The summed E-state index contributed by atoms with van der Waals surface area (Å²) in [7, 11) is 3.95. The van der Waals surface area contributed by atoms with Crippen LogP contribution >= 0.6 is 0 Å². The molecule has 0 bridgehead atoms. The Bertz CT molecular complexity index is 772. The molecule has 1 atom stereocenters. The lowest BCUT2D eigenvalue weighted by Gasteiger charge is -2.38. The Kier molecular flexibility index (Phi) is 5.30. The molecule has 3 rings (SSSR count). The van der Waals surface area contributed by atoms with Crippen molar-refractivity contribution in [2.24, 2.45) is 16.3 Å². The van der Waals surface area contributed by atoms with Crippen molar-refractivity contribution in [3.8, 4) is 5.75 Å². The number of hydrogen-bond donors (Lipinski definition) is 0. The van der Waals surface area contributed by atoms with Gasteiger partial charge >= 0.3 is 0 Å². The third-order valence-electron chi connectivity index (χ3n) is 5.41. The van der Waals surface area contributed by atoms with Gasteiger partial charge < -0.3 is 14.4 Å². The number of nitrogens with zero attached hydrogens (tertiary/aromatic N) is 2. The van der Waals surface area contributed by atoms with Crippen molar-refractivity contribution >= 4 is 18.3 Å². The molecule has 1 aliphatic heterocycles. The van der Waals surface area contributed by atoms with Crippen molar-refractivity contribution in [1.82, 2.24) is 4.90 Å². The molecule has 0 saturated carbocycles. The summed E-state index contributed by atoms with van der Waals surface area (Å²) in [5.74, 6) is 2.28. The Morgan fingerprint density at radius 3 is 2.81 bits per heavy atom. The predicted octanol–water partition coefficient (Wildman–Crippen LogP) is 4.68. The number of rotatable bonds is 6. The standard InChI is InChI=1S/C22H28N2O2/c1-22(2,12-7-13-25)16-10-11-20-18(14-16)21(23-15-24(3)4)17-8-5-6-9-19(17)26-20/h5-6,8-9,11,13,15-16H,7,10,12,14H2,1-4H3. The summed E-state index contributed by atoms with van der Waals surface area (Å²) in [4.78, 5) is 17.6. The molecule has 0 aromatic heterocycles. The fourth-order valence-corrected chi connectivity index (χ4v) is 3.70. The first-order chi connectivity index (χ1) is 12.4. The topological polar surface area (TPSA) is 41.9 Å². The molecule has 4 nitrogen and oxygen atoms in total. The lowest BCUT2D eigenvalue weighted by atomic mass is 9.68. The van der Waals surface area contributed by atoms with Crippen molar-refractivity contribution in [3.05, 3.63) is 47.2 Å². The van der Waals surface area contributed by atoms with E-state index in [9.17, 15) is 4.79 Å². The van der Waals surface area contributed by atoms with Crippen LogP contribution in [0.3, 0.4) is 0 Å². The van der Waals surface area contributed by atoms with E-state index in [1.807, 2.05) is 43.5 Å². The van der Waals surface area contributed by atoms with Gasteiger partial charge in [0.1, 0.15) is 17.8 Å². The second kappa shape index (κ2) is 7.48. The smallest absolute Gasteiger partial charge is 0.136 e. The average molecular weight is 352 g/mol. The van der Waals surface area contributed by atoms with Crippen molar-refractivity contribution in [1.29, 1.82) is 0 Å². The highest BCUT2D eigenvalue weighted by atomic mass is 16.5. The molecule has 0 N–H and O–H groups in total. The number of allylic oxidation sites excluding steroid dienone is 2.